The standard InChI is InChI=1S/C14H18N2O4/c15-7-10-8-18-6-5-16(10)14(17)13-9-19-11-3-1-2-4-12(11)20-13/h1-4,10,13H,5-9,15H2. The molecule has 0 aromatic heterocycles. The zero-order chi connectivity index (χ0) is 13.9. The summed E-state index contributed by atoms with van der Waals surface area (Å²) < 4.78 is 16.7. The predicted octanol–water partition coefficient (Wildman–Crippen LogP) is 0.0125. The molecule has 2 aliphatic rings. The van der Waals surface area contributed by atoms with Crippen molar-refractivity contribution in [2.24, 2.45) is 5.73 Å². The molecule has 2 unspecified atom stereocenters. The van der Waals surface area contributed by atoms with Crippen LogP contribution in [0.3, 0.4) is 0 Å². The van der Waals surface area contributed by atoms with Gasteiger partial charge in [0.25, 0.3) is 5.91 Å². The molecule has 20 heavy (non-hydrogen) atoms. The van der Waals surface area contributed by atoms with Gasteiger partial charge >= 0.3 is 0 Å². The minimum atomic E-state index is -0.614. The normalized spacial score (nSPS) is 25.4. The lowest BCUT2D eigenvalue weighted by molar-refractivity contribution is -0.149. The molecule has 108 valence electrons. The van der Waals surface area contributed by atoms with Gasteiger partial charge in [-0.2, -0.15) is 0 Å². The Hall–Kier alpha value is -1.79. The third-order valence-corrected chi connectivity index (χ3v) is 3.57. The van der Waals surface area contributed by atoms with Crippen molar-refractivity contribution in [1.29, 1.82) is 0 Å². The second-order valence-electron chi connectivity index (χ2n) is 4.86. The highest BCUT2D eigenvalue weighted by Crippen LogP contribution is 2.31. The van der Waals surface area contributed by atoms with Gasteiger partial charge in [0.1, 0.15) is 6.61 Å². The van der Waals surface area contributed by atoms with E-state index in [1.807, 2.05) is 18.2 Å². The Morgan fingerprint density at radius 1 is 1.30 bits per heavy atom. The number of hydrogen-bond acceptors (Lipinski definition) is 5. The summed E-state index contributed by atoms with van der Waals surface area (Å²) in [5.74, 6) is 1.20. The fourth-order valence-electron chi connectivity index (χ4n) is 2.47. The fraction of sp³-hybridized carbons (Fsp3) is 0.500. The molecule has 3 rings (SSSR count). The van der Waals surface area contributed by atoms with Gasteiger partial charge in [0.2, 0.25) is 6.10 Å². The molecule has 0 aliphatic carbocycles. The van der Waals surface area contributed by atoms with Gasteiger partial charge in [-0.1, -0.05) is 12.1 Å². The van der Waals surface area contributed by atoms with Crippen molar-refractivity contribution >= 4 is 5.91 Å². The zero-order valence-electron chi connectivity index (χ0n) is 11.2. The first kappa shape index (κ1) is 13.2. The van der Waals surface area contributed by atoms with Crippen molar-refractivity contribution < 1.29 is 19.0 Å². The molecular weight excluding hydrogens is 260 g/mol. The molecule has 1 fully saturated rings. The number of fused-ring (bicyclic) bond motifs is 1. The molecule has 2 atom stereocenters. The molecule has 1 aromatic rings. The van der Waals surface area contributed by atoms with E-state index in [2.05, 4.69) is 0 Å². The summed E-state index contributed by atoms with van der Waals surface area (Å²) >= 11 is 0. The van der Waals surface area contributed by atoms with Crippen molar-refractivity contribution in [2.75, 3.05) is 32.9 Å². The number of para-hydroxylation sites is 2. The second kappa shape index (κ2) is 5.68. The van der Waals surface area contributed by atoms with Crippen LogP contribution >= 0.6 is 0 Å². The number of carbonyl (C=O) groups is 1. The SMILES string of the molecule is NCC1COCCN1C(=O)C1COc2ccccc2O1. The molecule has 6 heteroatoms. The van der Waals surface area contributed by atoms with Crippen LogP contribution in [-0.2, 0) is 9.53 Å². The number of rotatable bonds is 2. The lowest BCUT2D eigenvalue weighted by atomic mass is 10.2. The Morgan fingerprint density at radius 3 is 2.90 bits per heavy atom. The number of hydrogen-bond donors (Lipinski definition) is 1. The van der Waals surface area contributed by atoms with E-state index in [1.165, 1.54) is 0 Å². The first-order chi connectivity index (χ1) is 9.79. The zero-order valence-corrected chi connectivity index (χ0v) is 11.2. The van der Waals surface area contributed by atoms with Crippen LogP contribution in [0.5, 0.6) is 11.5 Å². The highest BCUT2D eigenvalue weighted by molar-refractivity contribution is 5.82. The van der Waals surface area contributed by atoms with Gasteiger partial charge < -0.3 is 24.8 Å². The monoisotopic (exact) mass is 278 g/mol. The van der Waals surface area contributed by atoms with Gasteiger partial charge in [0.15, 0.2) is 11.5 Å². The van der Waals surface area contributed by atoms with Crippen molar-refractivity contribution in [2.45, 2.75) is 12.1 Å². The molecule has 0 saturated carbocycles. The Balaban J connectivity index is 1.72. The van der Waals surface area contributed by atoms with Crippen LogP contribution in [-0.4, -0.2) is 55.9 Å². The van der Waals surface area contributed by atoms with Crippen LogP contribution in [0.15, 0.2) is 24.3 Å². The Labute approximate surface area is 117 Å². The lowest BCUT2D eigenvalue weighted by Gasteiger charge is -2.37. The summed E-state index contributed by atoms with van der Waals surface area (Å²) in [7, 11) is 0. The van der Waals surface area contributed by atoms with Gasteiger partial charge in [-0.25, -0.2) is 0 Å². The van der Waals surface area contributed by atoms with E-state index in [-0.39, 0.29) is 18.6 Å². The van der Waals surface area contributed by atoms with E-state index >= 15 is 0 Å². The minimum absolute atomic E-state index is 0.0850. The summed E-state index contributed by atoms with van der Waals surface area (Å²) in [6, 6.07) is 7.27. The Kier molecular flexibility index (Phi) is 3.75. The summed E-state index contributed by atoms with van der Waals surface area (Å²) in [5, 5.41) is 0. The Bertz CT molecular complexity index is 494. The highest BCUT2D eigenvalue weighted by atomic mass is 16.6. The first-order valence-electron chi connectivity index (χ1n) is 6.76. The summed E-state index contributed by atoms with van der Waals surface area (Å²) in [5.41, 5.74) is 5.69. The number of amides is 1. The van der Waals surface area contributed by atoms with E-state index in [0.717, 1.165) is 0 Å². The molecule has 0 spiro atoms. The minimum Gasteiger partial charge on any atom is -0.485 e. The van der Waals surface area contributed by atoms with Crippen LogP contribution < -0.4 is 15.2 Å². The molecule has 1 aromatic carbocycles. The van der Waals surface area contributed by atoms with Gasteiger partial charge in [-0.05, 0) is 12.1 Å². The van der Waals surface area contributed by atoms with Crippen molar-refractivity contribution in [3.05, 3.63) is 24.3 Å². The molecule has 2 aliphatic heterocycles. The Morgan fingerprint density at radius 2 is 2.10 bits per heavy atom. The maximum atomic E-state index is 12.5. The maximum Gasteiger partial charge on any atom is 0.267 e. The van der Waals surface area contributed by atoms with Gasteiger partial charge in [-0.15, -0.1) is 0 Å². The quantitative estimate of drug-likeness (QED) is 0.825. The largest absolute Gasteiger partial charge is 0.485 e. The lowest BCUT2D eigenvalue weighted by Crippen LogP contribution is -2.57. The third-order valence-electron chi connectivity index (χ3n) is 3.57. The molecule has 0 radical (unpaired) electrons. The van der Waals surface area contributed by atoms with Crippen molar-refractivity contribution in [1.82, 2.24) is 4.90 Å². The summed E-state index contributed by atoms with van der Waals surface area (Å²) in [6.45, 7) is 2.17. The smallest absolute Gasteiger partial charge is 0.267 e. The van der Waals surface area contributed by atoms with Crippen molar-refractivity contribution in [3.63, 3.8) is 0 Å². The van der Waals surface area contributed by atoms with Gasteiger partial charge in [0, 0.05) is 13.1 Å². The number of ether oxygens (including phenoxy) is 3. The number of nitrogens with zero attached hydrogens (tertiary/aromatic N) is 1. The maximum absolute atomic E-state index is 12.5. The van der Waals surface area contributed by atoms with E-state index in [1.54, 1.807) is 11.0 Å². The van der Waals surface area contributed by atoms with Gasteiger partial charge in [0.05, 0.1) is 19.3 Å². The van der Waals surface area contributed by atoms with E-state index in [9.17, 15) is 4.79 Å². The van der Waals surface area contributed by atoms with E-state index in [4.69, 9.17) is 19.9 Å². The molecule has 1 saturated heterocycles. The number of morpholine rings is 1. The number of nitrogens with two attached hydrogens (primary N) is 1. The van der Waals surface area contributed by atoms with Crippen LogP contribution in [0, 0.1) is 0 Å². The van der Waals surface area contributed by atoms with E-state index < -0.39 is 6.10 Å². The fourth-order valence-corrected chi connectivity index (χ4v) is 2.47. The third kappa shape index (κ3) is 2.44. The van der Waals surface area contributed by atoms with Crippen molar-refractivity contribution in [3.8, 4) is 11.5 Å². The number of benzene rings is 1. The van der Waals surface area contributed by atoms with Crippen LogP contribution in [0.1, 0.15) is 0 Å². The molecule has 2 N–H and O–H groups in total. The molecule has 2 heterocycles. The molecule has 0 bridgehead atoms. The van der Waals surface area contributed by atoms with E-state index in [0.29, 0.717) is 37.8 Å². The first-order valence-corrected chi connectivity index (χ1v) is 6.76. The molecule has 1 amide bonds. The second-order valence-corrected chi connectivity index (χ2v) is 4.86. The van der Waals surface area contributed by atoms with Crippen LogP contribution in [0.4, 0.5) is 0 Å². The number of carbonyl (C=O) groups excluding carboxylic acids is 1. The topological polar surface area (TPSA) is 74.0 Å². The summed E-state index contributed by atoms with van der Waals surface area (Å²) in [4.78, 5) is 14.3. The average molecular weight is 278 g/mol. The average Bonchev–Trinajstić information content (AvgIpc) is 2.53. The predicted molar refractivity (Wildman–Crippen MR) is 71.7 cm³/mol. The molecular formula is C14H18N2O4. The summed E-state index contributed by atoms with van der Waals surface area (Å²) in [6.07, 6.45) is -0.614. The van der Waals surface area contributed by atoms with Crippen LogP contribution in [0.2, 0.25) is 0 Å². The highest BCUT2D eigenvalue weighted by Gasteiger charge is 2.35. The van der Waals surface area contributed by atoms with Crippen LogP contribution in [0.25, 0.3) is 0 Å². The molecule has 6 nitrogen and oxygen atoms in total. The van der Waals surface area contributed by atoms with Gasteiger partial charge in [-0.3, -0.25) is 4.79 Å².